The number of nitrogens with zero attached hydrogens (tertiary/aromatic N) is 2. The molecule has 7 heteroatoms. The Morgan fingerprint density at radius 3 is 2.67 bits per heavy atom. The number of carbonyl (C=O) groups excluding carboxylic acids is 1. The zero-order valence-corrected chi connectivity index (χ0v) is 12.2. The second-order valence-corrected chi connectivity index (χ2v) is 5.04. The van der Waals surface area contributed by atoms with Crippen LogP contribution in [0, 0.1) is 10.1 Å². The van der Waals surface area contributed by atoms with Gasteiger partial charge in [-0.25, -0.2) is 0 Å². The van der Waals surface area contributed by atoms with Crippen molar-refractivity contribution in [2.45, 2.75) is 25.8 Å². The normalized spacial score (nSPS) is 15.6. The lowest BCUT2D eigenvalue weighted by molar-refractivity contribution is -0.385. The summed E-state index contributed by atoms with van der Waals surface area (Å²) < 4.78 is 5.01. The zero-order chi connectivity index (χ0) is 15.4. The summed E-state index contributed by atoms with van der Waals surface area (Å²) in [5.74, 6) is 0.218. The number of hydrogen-bond acceptors (Lipinski definition) is 5. The van der Waals surface area contributed by atoms with Crippen LogP contribution in [-0.2, 0) is 4.79 Å². The Bertz CT molecular complexity index is 541. The lowest BCUT2D eigenvalue weighted by atomic mass is 10.2. The molecule has 21 heavy (non-hydrogen) atoms. The van der Waals surface area contributed by atoms with E-state index in [0.29, 0.717) is 5.69 Å². The highest BCUT2D eigenvalue weighted by atomic mass is 16.6. The monoisotopic (exact) mass is 293 g/mol. The van der Waals surface area contributed by atoms with Crippen LogP contribution in [0.3, 0.4) is 0 Å². The predicted molar refractivity (Wildman–Crippen MR) is 78.5 cm³/mol. The summed E-state index contributed by atoms with van der Waals surface area (Å²) in [6, 6.07) is 4.10. The molecular formula is C14H19N3O4. The highest BCUT2D eigenvalue weighted by Crippen LogP contribution is 2.30. The fraction of sp³-hybridized carbons (Fsp3) is 0.500. The fourth-order valence-corrected chi connectivity index (χ4v) is 2.44. The molecule has 0 aromatic heterocycles. The van der Waals surface area contributed by atoms with Gasteiger partial charge in [0, 0.05) is 30.9 Å². The number of nitro groups is 1. The SMILES string of the molecule is COc1cc(NC(C)C(=O)N2CCCC2)ccc1[N+](=O)[O-]. The molecule has 1 amide bonds. The summed E-state index contributed by atoms with van der Waals surface area (Å²) in [5, 5.41) is 13.9. The van der Waals surface area contributed by atoms with Crippen LogP contribution in [0.5, 0.6) is 5.75 Å². The molecule has 1 aromatic rings. The van der Waals surface area contributed by atoms with Crippen molar-refractivity contribution in [3.63, 3.8) is 0 Å². The summed E-state index contributed by atoms with van der Waals surface area (Å²) in [4.78, 5) is 24.4. The fourth-order valence-electron chi connectivity index (χ4n) is 2.44. The smallest absolute Gasteiger partial charge is 0.311 e. The Hall–Kier alpha value is -2.31. The van der Waals surface area contributed by atoms with Gasteiger partial charge in [0.15, 0.2) is 5.75 Å². The van der Waals surface area contributed by atoms with E-state index in [0.717, 1.165) is 25.9 Å². The molecule has 1 aliphatic heterocycles. The number of benzene rings is 1. The number of nitrogens with one attached hydrogen (secondary N) is 1. The number of ether oxygens (including phenoxy) is 1. The van der Waals surface area contributed by atoms with Gasteiger partial charge in [0.25, 0.3) is 0 Å². The van der Waals surface area contributed by atoms with Crippen LogP contribution in [-0.4, -0.2) is 42.0 Å². The molecule has 0 radical (unpaired) electrons. The van der Waals surface area contributed by atoms with E-state index in [1.54, 1.807) is 13.0 Å². The molecule has 1 heterocycles. The van der Waals surface area contributed by atoms with Gasteiger partial charge in [-0.1, -0.05) is 0 Å². The number of likely N-dealkylation sites (tertiary alicyclic amines) is 1. The van der Waals surface area contributed by atoms with Crippen molar-refractivity contribution >= 4 is 17.3 Å². The molecule has 1 N–H and O–H groups in total. The van der Waals surface area contributed by atoms with E-state index in [1.807, 2.05) is 4.90 Å². The highest BCUT2D eigenvalue weighted by Gasteiger charge is 2.23. The summed E-state index contributed by atoms with van der Waals surface area (Å²) in [6.07, 6.45) is 2.09. The van der Waals surface area contributed by atoms with Gasteiger partial charge in [-0.3, -0.25) is 14.9 Å². The van der Waals surface area contributed by atoms with E-state index < -0.39 is 4.92 Å². The molecule has 7 nitrogen and oxygen atoms in total. The third kappa shape index (κ3) is 3.42. The Balaban J connectivity index is 2.08. The number of rotatable bonds is 5. The van der Waals surface area contributed by atoms with E-state index in [4.69, 9.17) is 4.74 Å². The lowest BCUT2D eigenvalue weighted by Gasteiger charge is -2.22. The summed E-state index contributed by atoms with van der Waals surface area (Å²) in [6.45, 7) is 3.39. The van der Waals surface area contributed by atoms with Crippen LogP contribution >= 0.6 is 0 Å². The molecule has 1 aromatic carbocycles. The molecule has 0 saturated carbocycles. The lowest BCUT2D eigenvalue weighted by Crippen LogP contribution is -2.39. The Labute approximate surface area is 123 Å². The van der Waals surface area contributed by atoms with Gasteiger partial charge < -0.3 is 15.0 Å². The third-order valence-corrected chi connectivity index (χ3v) is 3.55. The predicted octanol–water partition coefficient (Wildman–Crippen LogP) is 2.03. The number of anilines is 1. The molecular weight excluding hydrogens is 274 g/mol. The summed E-state index contributed by atoms with van der Waals surface area (Å²) >= 11 is 0. The molecule has 0 bridgehead atoms. The molecule has 0 spiro atoms. The Morgan fingerprint density at radius 2 is 2.10 bits per heavy atom. The summed E-state index contributed by atoms with van der Waals surface area (Å²) in [7, 11) is 1.38. The Morgan fingerprint density at radius 1 is 1.43 bits per heavy atom. The number of amides is 1. The van der Waals surface area contributed by atoms with Gasteiger partial charge >= 0.3 is 5.69 Å². The second kappa shape index (κ2) is 6.43. The quantitative estimate of drug-likeness (QED) is 0.663. The van der Waals surface area contributed by atoms with Crippen LogP contribution in [0.4, 0.5) is 11.4 Å². The van der Waals surface area contributed by atoms with Gasteiger partial charge in [-0.05, 0) is 25.8 Å². The van der Waals surface area contributed by atoms with Crippen molar-refractivity contribution < 1.29 is 14.5 Å². The number of methoxy groups -OCH3 is 1. The van der Waals surface area contributed by atoms with Crippen LogP contribution in [0.1, 0.15) is 19.8 Å². The standard InChI is InChI=1S/C14H19N3O4/c1-10(14(18)16-7-3-4-8-16)15-11-5-6-12(17(19)20)13(9-11)21-2/h5-6,9-10,15H,3-4,7-8H2,1-2H3. The summed E-state index contributed by atoms with van der Waals surface area (Å²) in [5.41, 5.74) is 0.527. The highest BCUT2D eigenvalue weighted by molar-refractivity contribution is 5.84. The van der Waals surface area contributed by atoms with Crippen LogP contribution in [0.15, 0.2) is 18.2 Å². The van der Waals surface area contributed by atoms with E-state index in [2.05, 4.69) is 5.32 Å². The first-order valence-electron chi connectivity index (χ1n) is 6.90. The van der Waals surface area contributed by atoms with Gasteiger partial charge in [-0.15, -0.1) is 0 Å². The van der Waals surface area contributed by atoms with Crippen molar-refractivity contribution in [2.24, 2.45) is 0 Å². The third-order valence-electron chi connectivity index (χ3n) is 3.55. The van der Waals surface area contributed by atoms with Crippen molar-refractivity contribution in [1.29, 1.82) is 0 Å². The minimum Gasteiger partial charge on any atom is -0.490 e. The van der Waals surface area contributed by atoms with Crippen molar-refractivity contribution in [2.75, 3.05) is 25.5 Å². The second-order valence-electron chi connectivity index (χ2n) is 5.04. The first kappa shape index (κ1) is 15.1. The van der Waals surface area contributed by atoms with Crippen molar-refractivity contribution in [3.8, 4) is 5.75 Å². The Kier molecular flexibility index (Phi) is 4.62. The first-order valence-corrected chi connectivity index (χ1v) is 6.90. The van der Waals surface area contributed by atoms with Gasteiger partial charge in [0.2, 0.25) is 5.91 Å². The van der Waals surface area contributed by atoms with Crippen LogP contribution in [0.2, 0.25) is 0 Å². The van der Waals surface area contributed by atoms with Crippen molar-refractivity contribution in [3.05, 3.63) is 28.3 Å². The van der Waals surface area contributed by atoms with E-state index in [9.17, 15) is 14.9 Å². The van der Waals surface area contributed by atoms with Gasteiger partial charge in [-0.2, -0.15) is 0 Å². The zero-order valence-electron chi connectivity index (χ0n) is 12.2. The molecule has 114 valence electrons. The molecule has 1 unspecified atom stereocenters. The van der Waals surface area contributed by atoms with E-state index in [1.165, 1.54) is 19.2 Å². The average Bonchev–Trinajstić information content (AvgIpc) is 3.00. The van der Waals surface area contributed by atoms with E-state index in [-0.39, 0.29) is 23.4 Å². The van der Waals surface area contributed by atoms with Crippen molar-refractivity contribution in [1.82, 2.24) is 4.90 Å². The van der Waals surface area contributed by atoms with Gasteiger partial charge in [0.1, 0.15) is 6.04 Å². The number of hydrogen-bond donors (Lipinski definition) is 1. The van der Waals surface area contributed by atoms with Gasteiger partial charge in [0.05, 0.1) is 12.0 Å². The first-order chi connectivity index (χ1) is 10.0. The molecule has 2 rings (SSSR count). The number of carbonyl (C=O) groups is 1. The molecule has 1 fully saturated rings. The average molecular weight is 293 g/mol. The molecule has 1 atom stereocenters. The number of nitro benzene ring substituents is 1. The molecule has 0 aliphatic carbocycles. The maximum atomic E-state index is 12.2. The van der Waals surface area contributed by atoms with Crippen LogP contribution < -0.4 is 10.1 Å². The topological polar surface area (TPSA) is 84.7 Å². The maximum Gasteiger partial charge on any atom is 0.311 e. The minimum absolute atomic E-state index is 0.0461. The minimum atomic E-state index is -0.499. The van der Waals surface area contributed by atoms with E-state index >= 15 is 0 Å². The molecule has 1 saturated heterocycles. The molecule has 1 aliphatic rings. The largest absolute Gasteiger partial charge is 0.490 e. The maximum absolute atomic E-state index is 12.2. The van der Waals surface area contributed by atoms with Crippen LogP contribution in [0.25, 0.3) is 0 Å².